The number of rotatable bonds is 14. The molecule has 5 heteroatoms. The highest BCUT2D eigenvalue weighted by Gasteiger charge is 2.50. The molecule has 0 saturated carbocycles. The van der Waals surface area contributed by atoms with Gasteiger partial charge in [0.1, 0.15) is 6.10 Å². The van der Waals surface area contributed by atoms with E-state index in [4.69, 9.17) is 9.16 Å². The number of hydrogen-bond donors (Lipinski definition) is 1. The van der Waals surface area contributed by atoms with Gasteiger partial charge in [0, 0.05) is 13.0 Å². The van der Waals surface area contributed by atoms with Gasteiger partial charge in [0.25, 0.3) is 8.32 Å². The van der Waals surface area contributed by atoms with Gasteiger partial charge in [-0.15, -0.1) is 0 Å². The second-order valence-corrected chi connectivity index (χ2v) is 15.8. The van der Waals surface area contributed by atoms with Crippen molar-refractivity contribution >= 4 is 24.7 Å². The first-order valence-electron chi connectivity index (χ1n) is 13.6. The molecule has 0 aliphatic carbocycles. The lowest BCUT2D eigenvalue weighted by molar-refractivity contribution is -0.154. The summed E-state index contributed by atoms with van der Waals surface area (Å²) >= 11 is 0. The van der Waals surface area contributed by atoms with Crippen LogP contribution in [0.4, 0.5) is 0 Å². The van der Waals surface area contributed by atoms with Crippen LogP contribution in [-0.4, -0.2) is 38.2 Å². The molecular weight excluding hydrogens is 464 g/mol. The highest BCUT2D eigenvalue weighted by molar-refractivity contribution is 6.99. The Morgan fingerprint density at radius 1 is 0.889 bits per heavy atom. The molecule has 36 heavy (non-hydrogen) atoms. The van der Waals surface area contributed by atoms with Crippen LogP contribution in [0.2, 0.25) is 5.04 Å². The molecule has 0 aliphatic rings. The number of aliphatic hydroxyl groups excluding tert-OH is 1. The number of carbonyl (C=O) groups excluding carboxylic acids is 1. The summed E-state index contributed by atoms with van der Waals surface area (Å²) in [6.45, 7) is 15.4. The van der Waals surface area contributed by atoms with Crippen LogP contribution < -0.4 is 10.4 Å². The number of benzene rings is 2. The van der Waals surface area contributed by atoms with Crippen LogP contribution in [0, 0.1) is 11.8 Å². The van der Waals surface area contributed by atoms with Crippen molar-refractivity contribution in [2.24, 2.45) is 11.8 Å². The lowest BCUT2D eigenvalue weighted by Gasteiger charge is -2.43. The van der Waals surface area contributed by atoms with Gasteiger partial charge >= 0.3 is 5.97 Å². The average Bonchev–Trinajstić information content (AvgIpc) is 2.82. The van der Waals surface area contributed by atoms with Crippen molar-refractivity contribution in [3.05, 3.63) is 60.7 Å². The minimum atomic E-state index is -2.54. The average molecular weight is 513 g/mol. The van der Waals surface area contributed by atoms with E-state index in [1.807, 2.05) is 13.8 Å². The van der Waals surface area contributed by atoms with Crippen molar-refractivity contribution < 1.29 is 19.1 Å². The third-order valence-electron chi connectivity index (χ3n) is 6.92. The van der Waals surface area contributed by atoms with Gasteiger partial charge < -0.3 is 14.3 Å². The first kappa shape index (κ1) is 30.3. The molecule has 3 atom stereocenters. The van der Waals surface area contributed by atoms with Crippen molar-refractivity contribution in [1.82, 2.24) is 0 Å². The van der Waals surface area contributed by atoms with E-state index in [2.05, 4.69) is 95.3 Å². The molecule has 200 valence electrons. The predicted octanol–water partition coefficient (Wildman–Crippen LogP) is 6.10. The van der Waals surface area contributed by atoms with Crippen LogP contribution in [-0.2, 0) is 14.0 Å². The van der Waals surface area contributed by atoms with E-state index in [9.17, 15) is 9.90 Å². The van der Waals surface area contributed by atoms with Crippen molar-refractivity contribution in [2.45, 2.75) is 97.8 Å². The van der Waals surface area contributed by atoms with E-state index in [0.29, 0.717) is 25.4 Å². The molecule has 0 aromatic heterocycles. The first-order chi connectivity index (χ1) is 17.0. The summed E-state index contributed by atoms with van der Waals surface area (Å²) in [6.07, 6.45) is 3.01. The molecule has 0 heterocycles. The predicted molar refractivity (Wildman–Crippen MR) is 152 cm³/mol. The Balaban J connectivity index is 2.08. The van der Waals surface area contributed by atoms with Gasteiger partial charge in [-0.1, -0.05) is 116 Å². The fourth-order valence-electron chi connectivity index (χ4n) is 5.00. The van der Waals surface area contributed by atoms with E-state index in [1.54, 1.807) is 0 Å². The summed E-state index contributed by atoms with van der Waals surface area (Å²) in [7, 11) is -2.54. The van der Waals surface area contributed by atoms with Gasteiger partial charge in [-0.25, -0.2) is 0 Å². The summed E-state index contributed by atoms with van der Waals surface area (Å²) in [4.78, 5) is 12.1. The monoisotopic (exact) mass is 512 g/mol. The molecule has 0 radical (unpaired) electrons. The van der Waals surface area contributed by atoms with Crippen LogP contribution in [0.1, 0.15) is 80.6 Å². The Labute approximate surface area is 220 Å². The Morgan fingerprint density at radius 3 is 1.86 bits per heavy atom. The van der Waals surface area contributed by atoms with E-state index < -0.39 is 14.4 Å². The largest absolute Gasteiger partial charge is 0.462 e. The molecule has 2 aromatic rings. The standard InChI is InChI=1S/C31H48O4Si/c1-8-15-27(35-30(33)24(2)3)23-26(32)22-25(4)20-21-34-36(31(5,6)7,28-16-11-9-12-17-28)29-18-13-10-14-19-29/h9-14,16-19,24-27,32H,8,15,20-23H2,1-7H3/t25-,26+,27+/m1/s1. The highest BCUT2D eigenvalue weighted by Crippen LogP contribution is 2.37. The van der Waals surface area contributed by atoms with Gasteiger partial charge in [0.15, 0.2) is 0 Å². The second-order valence-electron chi connectivity index (χ2n) is 11.5. The molecule has 4 nitrogen and oxygen atoms in total. The van der Waals surface area contributed by atoms with Crippen molar-refractivity contribution in [3.8, 4) is 0 Å². The molecule has 0 fully saturated rings. The van der Waals surface area contributed by atoms with E-state index in [1.165, 1.54) is 10.4 Å². The Morgan fingerprint density at radius 2 is 1.42 bits per heavy atom. The maximum Gasteiger partial charge on any atom is 0.308 e. The highest BCUT2D eigenvalue weighted by atomic mass is 28.4. The molecule has 1 N–H and O–H groups in total. The summed E-state index contributed by atoms with van der Waals surface area (Å²) < 4.78 is 12.7. The van der Waals surface area contributed by atoms with Crippen LogP contribution in [0.25, 0.3) is 0 Å². The van der Waals surface area contributed by atoms with Crippen LogP contribution in [0.15, 0.2) is 60.7 Å². The fraction of sp³-hybridized carbons (Fsp3) is 0.581. The van der Waals surface area contributed by atoms with Gasteiger partial charge in [0.05, 0.1) is 12.0 Å². The van der Waals surface area contributed by atoms with E-state index >= 15 is 0 Å². The minimum absolute atomic E-state index is 0.0495. The third kappa shape index (κ3) is 8.29. The molecule has 0 bridgehead atoms. The first-order valence-corrected chi connectivity index (χ1v) is 15.6. The van der Waals surface area contributed by atoms with Crippen LogP contribution in [0.3, 0.4) is 0 Å². The van der Waals surface area contributed by atoms with E-state index in [-0.39, 0.29) is 23.0 Å². The zero-order valence-corrected chi connectivity index (χ0v) is 24.5. The smallest absolute Gasteiger partial charge is 0.308 e. The molecule has 0 amide bonds. The summed E-state index contributed by atoms with van der Waals surface area (Å²) in [5, 5.41) is 13.3. The quantitative estimate of drug-likeness (QED) is 0.245. The topological polar surface area (TPSA) is 55.8 Å². The van der Waals surface area contributed by atoms with Gasteiger partial charge in [-0.3, -0.25) is 4.79 Å². The minimum Gasteiger partial charge on any atom is -0.462 e. The van der Waals surface area contributed by atoms with Crippen molar-refractivity contribution in [1.29, 1.82) is 0 Å². The zero-order chi connectivity index (χ0) is 26.8. The molecule has 0 spiro atoms. The Bertz CT molecular complexity index is 852. The SMILES string of the molecule is CCC[C@@H](C[C@@H](O)C[C@H](C)CCO[Si](c1ccccc1)(c1ccccc1)C(C)(C)C)OC(=O)C(C)C. The Kier molecular flexibility index (Phi) is 11.9. The van der Waals surface area contributed by atoms with Crippen LogP contribution >= 0.6 is 0 Å². The van der Waals surface area contributed by atoms with Crippen molar-refractivity contribution in [2.75, 3.05) is 6.61 Å². The van der Waals surface area contributed by atoms with Crippen LogP contribution in [0.5, 0.6) is 0 Å². The maximum atomic E-state index is 12.1. The number of ether oxygens (including phenoxy) is 1. The molecule has 0 saturated heterocycles. The fourth-order valence-corrected chi connectivity index (χ4v) is 9.58. The summed E-state index contributed by atoms with van der Waals surface area (Å²) in [5.41, 5.74) is 0. The number of hydrogen-bond acceptors (Lipinski definition) is 4. The molecule has 2 aromatic carbocycles. The molecule has 0 unspecified atom stereocenters. The van der Waals surface area contributed by atoms with Gasteiger partial charge in [-0.2, -0.15) is 0 Å². The number of aliphatic hydroxyl groups is 1. The third-order valence-corrected chi connectivity index (χ3v) is 12.0. The number of carbonyl (C=O) groups is 1. The normalized spacial score (nSPS) is 14.9. The molecular formula is C31H48O4Si. The lowest BCUT2D eigenvalue weighted by atomic mass is 9.96. The lowest BCUT2D eigenvalue weighted by Crippen LogP contribution is -2.66. The summed E-state index contributed by atoms with van der Waals surface area (Å²) in [5.74, 6) is -0.0484. The zero-order valence-electron chi connectivity index (χ0n) is 23.5. The Hall–Kier alpha value is -1.95. The summed E-state index contributed by atoms with van der Waals surface area (Å²) in [6, 6.07) is 21.4. The molecule has 2 rings (SSSR count). The van der Waals surface area contributed by atoms with E-state index in [0.717, 1.165) is 19.3 Å². The van der Waals surface area contributed by atoms with Gasteiger partial charge in [-0.05, 0) is 40.6 Å². The van der Waals surface area contributed by atoms with Gasteiger partial charge in [0.2, 0.25) is 0 Å². The molecule has 0 aliphatic heterocycles. The number of esters is 1. The maximum absolute atomic E-state index is 12.1. The second kappa shape index (κ2) is 14.1. The van der Waals surface area contributed by atoms with Crippen molar-refractivity contribution in [3.63, 3.8) is 0 Å².